The van der Waals surface area contributed by atoms with Crippen LogP contribution in [0.2, 0.25) is 0 Å². The number of hydrogen-bond acceptors (Lipinski definition) is 4. The van der Waals surface area contributed by atoms with Crippen LogP contribution in [0.15, 0.2) is 0 Å². The van der Waals surface area contributed by atoms with Crippen molar-refractivity contribution < 1.29 is 24.2 Å². The first-order valence-electron chi connectivity index (χ1n) is 5.56. The van der Waals surface area contributed by atoms with Gasteiger partial charge in [-0.25, -0.2) is 4.79 Å². The van der Waals surface area contributed by atoms with Gasteiger partial charge in [-0.05, 0) is 12.8 Å². The van der Waals surface area contributed by atoms with Gasteiger partial charge in [0, 0.05) is 6.42 Å². The summed E-state index contributed by atoms with van der Waals surface area (Å²) in [6, 6.07) is -0.926. The number of carboxylic acids is 1. The van der Waals surface area contributed by atoms with Gasteiger partial charge in [-0.2, -0.15) is 0 Å². The van der Waals surface area contributed by atoms with E-state index < -0.39 is 23.9 Å². The Morgan fingerprint density at radius 1 is 1.24 bits per heavy atom. The molecule has 0 aromatic rings. The minimum Gasteiger partial charge on any atom is -0.480 e. The molecule has 98 valence electrons. The van der Waals surface area contributed by atoms with Crippen molar-refractivity contribution in [3.8, 4) is 0 Å². The second-order valence-corrected chi connectivity index (χ2v) is 3.93. The van der Waals surface area contributed by atoms with E-state index in [1.165, 1.54) is 0 Å². The van der Waals surface area contributed by atoms with Crippen LogP contribution < -0.4 is 5.32 Å². The minimum atomic E-state index is -1.08. The molecule has 0 aliphatic carbocycles. The molecule has 0 bridgehead atoms. The van der Waals surface area contributed by atoms with E-state index in [-0.39, 0.29) is 25.4 Å². The molecule has 0 rings (SSSR count). The highest BCUT2D eigenvalue weighted by molar-refractivity contribution is 5.85. The van der Waals surface area contributed by atoms with E-state index in [0.29, 0.717) is 0 Å². The number of carbonyl (C=O) groups is 3. The van der Waals surface area contributed by atoms with Gasteiger partial charge >= 0.3 is 11.9 Å². The molecular weight excluding hydrogens is 226 g/mol. The van der Waals surface area contributed by atoms with Crippen LogP contribution in [0.1, 0.15) is 33.6 Å². The summed E-state index contributed by atoms with van der Waals surface area (Å²) in [5, 5.41) is 11.2. The van der Waals surface area contributed by atoms with E-state index in [1.807, 2.05) is 0 Å². The third-order valence-electron chi connectivity index (χ3n) is 2.11. The van der Waals surface area contributed by atoms with Gasteiger partial charge in [-0.1, -0.05) is 13.8 Å². The highest BCUT2D eigenvalue weighted by atomic mass is 16.5. The number of carbonyl (C=O) groups excluding carboxylic acids is 2. The maximum absolute atomic E-state index is 11.4. The minimum absolute atomic E-state index is 0.0376. The fraction of sp³-hybridized carbons (Fsp3) is 0.727. The molecule has 0 aromatic carbocycles. The van der Waals surface area contributed by atoms with Crippen LogP contribution in [0.3, 0.4) is 0 Å². The molecule has 17 heavy (non-hydrogen) atoms. The average molecular weight is 245 g/mol. The van der Waals surface area contributed by atoms with Crippen LogP contribution in [0.5, 0.6) is 0 Å². The number of nitrogens with one attached hydrogen (secondary N) is 1. The Kier molecular flexibility index (Phi) is 6.93. The summed E-state index contributed by atoms with van der Waals surface area (Å²) in [6.07, 6.45) is -0.0978. The summed E-state index contributed by atoms with van der Waals surface area (Å²) in [7, 11) is 0. The van der Waals surface area contributed by atoms with Gasteiger partial charge in [0.2, 0.25) is 5.91 Å². The highest BCUT2D eigenvalue weighted by Crippen LogP contribution is 2.03. The zero-order valence-electron chi connectivity index (χ0n) is 10.4. The molecule has 0 aliphatic rings. The van der Waals surface area contributed by atoms with Crippen molar-refractivity contribution in [2.75, 3.05) is 6.61 Å². The Morgan fingerprint density at radius 3 is 2.24 bits per heavy atom. The molecule has 2 N–H and O–H groups in total. The van der Waals surface area contributed by atoms with Crippen LogP contribution in [-0.2, 0) is 19.1 Å². The second-order valence-electron chi connectivity index (χ2n) is 3.93. The normalized spacial score (nSPS) is 12.0. The Morgan fingerprint density at radius 2 is 1.82 bits per heavy atom. The van der Waals surface area contributed by atoms with Gasteiger partial charge in [0.25, 0.3) is 0 Å². The largest absolute Gasteiger partial charge is 0.480 e. The van der Waals surface area contributed by atoms with Crippen LogP contribution >= 0.6 is 0 Å². The maximum atomic E-state index is 11.4. The van der Waals surface area contributed by atoms with Crippen LogP contribution in [0, 0.1) is 5.92 Å². The van der Waals surface area contributed by atoms with Crippen molar-refractivity contribution in [3.63, 3.8) is 0 Å². The molecule has 0 saturated carbocycles. The topological polar surface area (TPSA) is 92.7 Å². The van der Waals surface area contributed by atoms with Crippen molar-refractivity contribution in [1.29, 1.82) is 0 Å². The molecule has 0 spiro atoms. The van der Waals surface area contributed by atoms with E-state index in [0.717, 1.165) is 0 Å². The fourth-order valence-corrected chi connectivity index (χ4v) is 1.21. The van der Waals surface area contributed by atoms with Crippen molar-refractivity contribution >= 4 is 17.8 Å². The lowest BCUT2D eigenvalue weighted by atomic mass is 10.0. The molecule has 0 unspecified atom stereocenters. The van der Waals surface area contributed by atoms with Gasteiger partial charge in [-0.15, -0.1) is 0 Å². The number of carboxylic acid groups (broad SMARTS) is 1. The standard InChI is InChI=1S/C11H19NO5/c1-4-17-9(14)6-5-8(13)12-10(7(2)3)11(15)16/h7,10H,4-6H2,1-3H3,(H,12,13)(H,15,16)/t10-/m1/s1. The van der Waals surface area contributed by atoms with E-state index in [9.17, 15) is 14.4 Å². The predicted octanol–water partition coefficient (Wildman–Crippen LogP) is 0.555. The molecule has 0 saturated heterocycles. The van der Waals surface area contributed by atoms with E-state index in [2.05, 4.69) is 10.1 Å². The molecule has 1 amide bonds. The zero-order chi connectivity index (χ0) is 13.4. The van der Waals surface area contributed by atoms with E-state index in [4.69, 9.17) is 5.11 Å². The summed E-state index contributed by atoms with van der Waals surface area (Å²) in [5.41, 5.74) is 0. The number of esters is 1. The first-order valence-corrected chi connectivity index (χ1v) is 5.56. The quantitative estimate of drug-likeness (QED) is 0.639. The number of hydrogen-bond donors (Lipinski definition) is 2. The Hall–Kier alpha value is -1.59. The molecule has 0 fully saturated rings. The first kappa shape index (κ1) is 15.4. The fourth-order valence-electron chi connectivity index (χ4n) is 1.21. The Bertz CT molecular complexity index is 288. The molecule has 6 heteroatoms. The average Bonchev–Trinajstić information content (AvgIpc) is 2.22. The highest BCUT2D eigenvalue weighted by Gasteiger charge is 2.23. The van der Waals surface area contributed by atoms with Crippen molar-refractivity contribution in [3.05, 3.63) is 0 Å². The zero-order valence-corrected chi connectivity index (χ0v) is 10.4. The summed E-state index contributed by atoms with van der Waals surface area (Å²) in [5.74, 6) is -2.21. The van der Waals surface area contributed by atoms with Gasteiger partial charge in [0.05, 0.1) is 13.0 Å². The lowest BCUT2D eigenvalue weighted by Crippen LogP contribution is -2.44. The van der Waals surface area contributed by atoms with Gasteiger partial charge in [0.1, 0.15) is 6.04 Å². The first-order chi connectivity index (χ1) is 7.88. The molecule has 0 aliphatic heterocycles. The number of aliphatic carboxylic acids is 1. The monoisotopic (exact) mass is 245 g/mol. The van der Waals surface area contributed by atoms with Crippen LogP contribution in [-0.4, -0.2) is 35.6 Å². The smallest absolute Gasteiger partial charge is 0.326 e. The van der Waals surface area contributed by atoms with Crippen molar-refractivity contribution in [1.82, 2.24) is 5.32 Å². The summed E-state index contributed by atoms with van der Waals surface area (Å²) in [4.78, 5) is 33.2. The van der Waals surface area contributed by atoms with Gasteiger partial charge in [-0.3, -0.25) is 9.59 Å². The summed E-state index contributed by atoms with van der Waals surface area (Å²) < 4.78 is 4.66. The predicted molar refractivity (Wildman–Crippen MR) is 60.3 cm³/mol. The van der Waals surface area contributed by atoms with Crippen LogP contribution in [0.25, 0.3) is 0 Å². The SMILES string of the molecule is CCOC(=O)CCC(=O)N[C@@H](C(=O)O)C(C)C. The van der Waals surface area contributed by atoms with Crippen molar-refractivity contribution in [2.24, 2.45) is 5.92 Å². The maximum Gasteiger partial charge on any atom is 0.326 e. The molecule has 6 nitrogen and oxygen atoms in total. The third kappa shape index (κ3) is 6.55. The third-order valence-corrected chi connectivity index (χ3v) is 2.11. The molecule has 1 atom stereocenters. The van der Waals surface area contributed by atoms with Gasteiger partial charge < -0.3 is 15.2 Å². The molecule has 0 aromatic heterocycles. The van der Waals surface area contributed by atoms with E-state index >= 15 is 0 Å². The number of amides is 1. The summed E-state index contributed by atoms with van der Waals surface area (Å²) in [6.45, 7) is 5.34. The Labute approximate surface area is 100 Å². The molecule has 0 heterocycles. The lowest BCUT2D eigenvalue weighted by molar-refractivity contribution is -0.145. The second kappa shape index (κ2) is 7.65. The molecule has 0 radical (unpaired) electrons. The van der Waals surface area contributed by atoms with Crippen LogP contribution in [0.4, 0.5) is 0 Å². The number of ether oxygens (including phenoxy) is 1. The van der Waals surface area contributed by atoms with Crippen molar-refractivity contribution in [2.45, 2.75) is 39.7 Å². The summed E-state index contributed by atoms with van der Waals surface area (Å²) >= 11 is 0. The van der Waals surface area contributed by atoms with Gasteiger partial charge in [0.15, 0.2) is 0 Å². The molecular formula is C11H19NO5. The lowest BCUT2D eigenvalue weighted by Gasteiger charge is -2.17. The van der Waals surface area contributed by atoms with E-state index in [1.54, 1.807) is 20.8 Å². The Balaban J connectivity index is 4.07. The number of rotatable bonds is 7.